The smallest absolute Gasteiger partial charge is 0.271 e. The van der Waals surface area contributed by atoms with Crippen LogP contribution >= 0.6 is 0 Å². The molecule has 1 aromatic rings. The molecule has 2 atom stereocenters. The van der Waals surface area contributed by atoms with Gasteiger partial charge in [-0.15, -0.1) is 0 Å². The lowest BCUT2D eigenvalue weighted by Crippen LogP contribution is -2.57. The first-order valence-electron chi connectivity index (χ1n) is 10.1. The number of hydrogen-bond donors (Lipinski definition) is 1. The Hall–Kier alpha value is -1.92. The maximum Gasteiger partial charge on any atom is 0.271 e. The summed E-state index contributed by atoms with van der Waals surface area (Å²) in [6.45, 7) is 5.70. The molecule has 2 saturated heterocycles. The molecule has 3 heterocycles. The van der Waals surface area contributed by atoms with Crippen molar-refractivity contribution in [3.63, 3.8) is 0 Å². The van der Waals surface area contributed by atoms with Gasteiger partial charge in [0.25, 0.3) is 5.91 Å². The van der Waals surface area contributed by atoms with Gasteiger partial charge in [-0.25, -0.2) is 0 Å². The van der Waals surface area contributed by atoms with E-state index in [4.69, 9.17) is 9.57 Å². The van der Waals surface area contributed by atoms with E-state index in [0.29, 0.717) is 25.3 Å². The third-order valence-electron chi connectivity index (χ3n) is 5.86. The second-order valence-electron chi connectivity index (χ2n) is 7.99. The molecule has 4 rings (SSSR count). The number of aryl methyl sites for hydroxylation is 1. The van der Waals surface area contributed by atoms with E-state index >= 15 is 0 Å². The van der Waals surface area contributed by atoms with Gasteiger partial charge in [-0.05, 0) is 38.2 Å². The Kier molecular flexibility index (Phi) is 5.45. The highest BCUT2D eigenvalue weighted by atomic mass is 16.7. The van der Waals surface area contributed by atoms with Crippen LogP contribution < -0.4 is 5.32 Å². The van der Waals surface area contributed by atoms with E-state index in [-0.39, 0.29) is 11.9 Å². The second kappa shape index (κ2) is 7.98. The minimum atomic E-state index is -0.567. The number of oxime groups is 1. The van der Waals surface area contributed by atoms with Crippen molar-refractivity contribution in [2.75, 3.05) is 26.3 Å². The van der Waals surface area contributed by atoms with Gasteiger partial charge in [-0.1, -0.05) is 35.0 Å². The summed E-state index contributed by atoms with van der Waals surface area (Å²) in [7, 11) is 0. The third-order valence-corrected chi connectivity index (χ3v) is 5.86. The highest BCUT2D eigenvalue weighted by Gasteiger charge is 2.50. The number of benzene rings is 1. The lowest BCUT2D eigenvalue weighted by atomic mass is 9.85. The first-order valence-corrected chi connectivity index (χ1v) is 10.1. The van der Waals surface area contributed by atoms with Crippen LogP contribution in [0.2, 0.25) is 0 Å². The highest BCUT2D eigenvalue weighted by molar-refractivity contribution is 6.39. The fourth-order valence-electron chi connectivity index (χ4n) is 4.31. The predicted molar refractivity (Wildman–Crippen MR) is 104 cm³/mol. The number of hydrogen-bond acceptors (Lipinski definition) is 5. The number of ether oxygens (including phenoxy) is 1. The van der Waals surface area contributed by atoms with Crippen LogP contribution in [0.25, 0.3) is 0 Å². The number of likely N-dealkylation sites (tertiary alicyclic amines) is 1. The van der Waals surface area contributed by atoms with E-state index in [2.05, 4.69) is 41.7 Å². The van der Waals surface area contributed by atoms with E-state index in [1.54, 1.807) is 0 Å². The van der Waals surface area contributed by atoms with Crippen molar-refractivity contribution in [1.29, 1.82) is 0 Å². The Balaban J connectivity index is 1.40. The van der Waals surface area contributed by atoms with Crippen molar-refractivity contribution in [3.8, 4) is 0 Å². The summed E-state index contributed by atoms with van der Waals surface area (Å²) in [5.41, 5.74) is 2.49. The molecule has 0 unspecified atom stereocenters. The molecule has 1 amide bonds. The van der Waals surface area contributed by atoms with Crippen LogP contribution in [0.4, 0.5) is 0 Å². The van der Waals surface area contributed by atoms with Gasteiger partial charge in [-0.3, -0.25) is 4.79 Å². The Morgan fingerprint density at radius 2 is 2.19 bits per heavy atom. The van der Waals surface area contributed by atoms with E-state index in [1.807, 2.05) is 4.90 Å². The van der Waals surface area contributed by atoms with E-state index < -0.39 is 5.60 Å². The maximum absolute atomic E-state index is 12.8. The average Bonchev–Trinajstić information content (AvgIpc) is 3.12. The van der Waals surface area contributed by atoms with Gasteiger partial charge in [-0.2, -0.15) is 0 Å². The van der Waals surface area contributed by atoms with E-state index in [0.717, 1.165) is 38.9 Å². The number of carbonyl (C=O) groups is 1. The molecule has 0 bridgehead atoms. The molecule has 6 heteroatoms. The topological polar surface area (TPSA) is 63.2 Å². The van der Waals surface area contributed by atoms with Crippen molar-refractivity contribution in [3.05, 3.63) is 35.4 Å². The fraction of sp³-hybridized carbons (Fsp3) is 0.619. The van der Waals surface area contributed by atoms with Gasteiger partial charge < -0.3 is 19.8 Å². The first-order chi connectivity index (χ1) is 13.2. The molecule has 1 spiro atoms. The molecule has 1 N–H and O–H groups in total. The minimum absolute atomic E-state index is 0.0367. The number of rotatable bonds is 4. The molecule has 0 radical (unpaired) electrons. The normalized spacial score (nSPS) is 28.1. The Morgan fingerprint density at radius 3 is 3.00 bits per heavy atom. The zero-order valence-corrected chi connectivity index (χ0v) is 16.1. The van der Waals surface area contributed by atoms with Crippen LogP contribution in [0.5, 0.6) is 0 Å². The van der Waals surface area contributed by atoms with Gasteiger partial charge in [0, 0.05) is 32.7 Å². The highest BCUT2D eigenvalue weighted by Crippen LogP contribution is 2.33. The Labute approximate surface area is 160 Å². The molecule has 3 aliphatic heterocycles. The molecule has 6 nitrogen and oxygen atoms in total. The summed E-state index contributed by atoms with van der Waals surface area (Å²) >= 11 is 0. The Bertz CT molecular complexity index is 714. The molecule has 0 aromatic heterocycles. The summed E-state index contributed by atoms with van der Waals surface area (Å²) in [5.74, 6) is 0.0367. The Morgan fingerprint density at radius 1 is 1.33 bits per heavy atom. The zero-order valence-electron chi connectivity index (χ0n) is 16.1. The number of nitrogens with one attached hydrogen (secondary N) is 1. The van der Waals surface area contributed by atoms with Gasteiger partial charge in [0.1, 0.15) is 5.71 Å². The first kappa shape index (κ1) is 18.4. The van der Waals surface area contributed by atoms with Gasteiger partial charge >= 0.3 is 0 Å². The summed E-state index contributed by atoms with van der Waals surface area (Å²) in [6, 6.07) is 8.62. The minimum Gasteiger partial charge on any atom is -0.384 e. The van der Waals surface area contributed by atoms with E-state index in [9.17, 15) is 4.79 Å². The average molecular weight is 371 g/mol. The molecule has 146 valence electrons. The van der Waals surface area contributed by atoms with Crippen LogP contribution in [0, 0.1) is 6.92 Å². The van der Waals surface area contributed by atoms with Crippen LogP contribution in [0.3, 0.4) is 0 Å². The zero-order chi connectivity index (χ0) is 18.7. The van der Waals surface area contributed by atoms with E-state index in [1.165, 1.54) is 17.5 Å². The fourth-order valence-corrected chi connectivity index (χ4v) is 4.31. The largest absolute Gasteiger partial charge is 0.384 e. The third kappa shape index (κ3) is 4.01. The van der Waals surface area contributed by atoms with Crippen molar-refractivity contribution in [2.24, 2.45) is 5.16 Å². The molecular formula is C21H29N3O3. The molecule has 0 aliphatic carbocycles. The summed E-state index contributed by atoms with van der Waals surface area (Å²) in [4.78, 5) is 20.6. The van der Waals surface area contributed by atoms with Crippen molar-refractivity contribution >= 4 is 11.6 Å². The molecule has 0 saturated carbocycles. The standard InChI is InChI=1S/C21H29N3O3/c1-16-6-5-7-17(12-16)14-22-19-8-11-26-15-21(19)13-18(23-27-21)20(25)24-9-3-2-4-10-24/h5-7,12,19,22H,2-4,8-11,13-15H2,1H3/t19-,21+/m1/s1. The molecule has 3 aliphatic rings. The lowest BCUT2D eigenvalue weighted by Gasteiger charge is -2.39. The molecule has 2 fully saturated rings. The van der Waals surface area contributed by atoms with Gasteiger partial charge in [0.15, 0.2) is 5.60 Å². The molecule has 1 aromatic carbocycles. The maximum atomic E-state index is 12.8. The number of nitrogens with zero attached hydrogens (tertiary/aromatic N) is 2. The van der Waals surface area contributed by atoms with Gasteiger partial charge in [0.2, 0.25) is 0 Å². The van der Waals surface area contributed by atoms with Crippen LogP contribution in [0.15, 0.2) is 29.4 Å². The van der Waals surface area contributed by atoms with Crippen LogP contribution in [0.1, 0.15) is 43.2 Å². The summed E-state index contributed by atoms with van der Waals surface area (Å²) in [5, 5.41) is 7.85. The molecule has 27 heavy (non-hydrogen) atoms. The number of carbonyl (C=O) groups excluding carboxylic acids is 1. The lowest BCUT2D eigenvalue weighted by molar-refractivity contribution is -0.131. The quantitative estimate of drug-likeness (QED) is 0.883. The van der Waals surface area contributed by atoms with Gasteiger partial charge in [0.05, 0.1) is 12.6 Å². The SMILES string of the molecule is Cc1cccc(CN[C@@H]2CCOC[C@@]23CC(C(=O)N2CCCCC2)=NO3)c1. The number of piperidine rings is 1. The van der Waals surface area contributed by atoms with Crippen molar-refractivity contribution in [1.82, 2.24) is 10.2 Å². The predicted octanol–water partition coefficient (Wildman–Crippen LogP) is 2.40. The van der Waals surface area contributed by atoms with Crippen molar-refractivity contribution in [2.45, 2.75) is 57.2 Å². The number of amides is 1. The second-order valence-corrected chi connectivity index (χ2v) is 7.99. The monoisotopic (exact) mass is 371 g/mol. The van der Waals surface area contributed by atoms with Crippen LogP contribution in [-0.4, -0.2) is 54.5 Å². The molecular weight excluding hydrogens is 342 g/mol. The summed E-state index contributed by atoms with van der Waals surface area (Å²) < 4.78 is 5.72. The summed E-state index contributed by atoms with van der Waals surface area (Å²) in [6.07, 6.45) is 4.74. The van der Waals surface area contributed by atoms with Crippen LogP contribution in [-0.2, 0) is 20.9 Å². The van der Waals surface area contributed by atoms with Crippen molar-refractivity contribution < 1.29 is 14.4 Å².